The fraction of sp³-hybridized carbons (Fsp3) is 0.353. The zero-order valence-electron chi connectivity index (χ0n) is 12.6. The fourth-order valence-corrected chi connectivity index (χ4v) is 3.04. The maximum atomic E-state index is 12.8. The third kappa shape index (κ3) is 2.73. The maximum absolute atomic E-state index is 12.8. The summed E-state index contributed by atoms with van der Waals surface area (Å²) in [4.78, 5) is 14.7. The van der Waals surface area contributed by atoms with Crippen molar-refractivity contribution in [2.24, 2.45) is 7.05 Å². The first-order valence-corrected chi connectivity index (χ1v) is 7.44. The van der Waals surface area contributed by atoms with Crippen molar-refractivity contribution in [2.75, 3.05) is 6.54 Å². The topological polar surface area (TPSA) is 61.9 Å². The fourth-order valence-electron chi connectivity index (χ4n) is 3.04. The Labute approximate surface area is 129 Å². The molecule has 1 fully saturated rings. The Hall–Kier alpha value is -2.61. The van der Waals surface area contributed by atoms with Crippen LogP contribution in [0.3, 0.4) is 0 Å². The summed E-state index contributed by atoms with van der Waals surface area (Å²) in [6.07, 6.45) is 6.11. The van der Waals surface area contributed by atoms with Crippen LogP contribution in [0.5, 0.6) is 0 Å². The van der Waals surface area contributed by atoms with Gasteiger partial charge in [0.15, 0.2) is 0 Å². The van der Waals surface area contributed by atoms with Crippen molar-refractivity contribution in [3.8, 4) is 6.07 Å². The van der Waals surface area contributed by atoms with Gasteiger partial charge in [0.25, 0.3) is 5.91 Å². The molecule has 0 saturated carbocycles. The van der Waals surface area contributed by atoms with Crippen LogP contribution in [0.2, 0.25) is 0 Å². The van der Waals surface area contributed by atoms with E-state index < -0.39 is 0 Å². The highest BCUT2D eigenvalue weighted by Crippen LogP contribution is 2.32. The van der Waals surface area contributed by atoms with E-state index in [0.717, 1.165) is 30.5 Å². The van der Waals surface area contributed by atoms with Gasteiger partial charge in [-0.2, -0.15) is 10.4 Å². The number of likely N-dealkylation sites (tertiary alicyclic amines) is 1. The minimum absolute atomic E-state index is 0.0335. The van der Waals surface area contributed by atoms with Crippen molar-refractivity contribution >= 4 is 5.91 Å². The molecular formula is C17H18N4O. The number of carbonyl (C=O) groups is 1. The molecule has 1 aliphatic rings. The first-order chi connectivity index (χ1) is 10.7. The number of aryl methyl sites for hydroxylation is 1. The highest BCUT2D eigenvalue weighted by atomic mass is 16.2. The molecule has 0 N–H and O–H groups in total. The number of carbonyl (C=O) groups excluding carboxylic acids is 1. The minimum atomic E-state index is 0.0335. The summed E-state index contributed by atoms with van der Waals surface area (Å²) < 4.78 is 1.77. The summed E-state index contributed by atoms with van der Waals surface area (Å²) in [5.74, 6) is 0.0335. The molecule has 1 saturated heterocycles. The first-order valence-electron chi connectivity index (χ1n) is 7.44. The second kappa shape index (κ2) is 6.02. The summed E-state index contributed by atoms with van der Waals surface area (Å²) in [5, 5.41) is 13.0. The third-order valence-corrected chi connectivity index (χ3v) is 4.08. The van der Waals surface area contributed by atoms with Crippen molar-refractivity contribution in [3.63, 3.8) is 0 Å². The van der Waals surface area contributed by atoms with Crippen LogP contribution in [0.15, 0.2) is 36.7 Å². The van der Waals surface area contributed by atoms with Gasteiger partial charge in [-0.15, -0.1) is 0 Å². The number of aromatic nitrogens is 2. The molecule has 1 unspecified atom stereocenters. The SMILES string of the molecule is Cn1cc(C2CCCN2C(=O)c2cccc(CC#N)c2)cn1. The van der Waals surface area contributed by atoms with Crippen LogP contribution in [-0.2, 0) is 13.5 Å². The maximum Gasteiger partial charge on any atom is 0.254 e. The molecule has 112 valence electrons. The average Bonchev–Trinajstić information content (AvgIpc) is 3.15. The molecule has 1 aromatic carbocycles. The van der Waals surface area contributed by atoms with Gasteiger partial charge in [-0.1, -0.05) is 12.1 Å². The molecule has 1 atom stereocenters. The van der Waals surface area contributed by atoms with Crippen LogP contribution in [-0.4, -0.2) is 27.1 Å². The average molecular weight is 294 g/mol. The number of hydrogen-bond donors (Lipinski definition) is 0. The Bertz CT molecular complexity index is 728. The molecule has 5 heteroatoms. The molecule has 5 nitrogen and oxygen atoms in total. The molecule has 0 aliphatic carbocycles. The van der Waals surface area contributed by atoms with E-state index >= 15 is 0 Å². The summed E-state index contributed by atoms with van der Waals surface area (Å²) >= 11 is 0. The third-order valence-electron chi connectivity index (χ3n) is 4.08. The number of nitriles is 1. The lowest BCUT2D eigenvalue weighted by Gasteiger charge is -2.24. The Morgan fingerprint density at radius 2 is 2.36 bits per heavy atom. The smallest absolute Gasteiger partial charge is 0.254 e. The lowest BCUT2D eigenvalue weighted by atomic mass is 10.1. The Kier molecular flexibility index (Phi) is 3.92. The lowest BCUT2D eigenvalue weighted by Crippen LogP contribution is -2.30. The van der Waals surface area contributed by atoms with Crippen molar-refractivity contribution in [3.05, 3.63) is 53.3 Å². The van der Waals surface area contributed by atoms with Gasteiger partial charge < -0.3 is 4.90 Å². The van der Waals surface area contributed by atoms with E-state index in [-0.39, 0.29) is 11.9 Å². The Morgan fingerprint density at radius 3 is 3.09 bits per heavy atom. The van der Waals surface area contributed by atoms with Crippen LogP contribution in [0.1, 0.15) is 40.4 Å². The molecule has 3 rings (SSSR count). The summed E-state index contributed by atoms with van der Waals surface area (Å²) in [5.41, 5.74) is 2.62. The van der Waals surface area contributed by atoms with Crippen molar-refractivity contribution in [2.45, 2.75) is 25.3 Å². The van der Waals surface area contributed by atoms with Crippen molar-refractivity contribution < 1.29 is 4.79 Å². The second-order valence-electron chi connectivity index (χ2n) is 5.64. The van der Waals surface area contributed by atoms with Crippen LogP contribution in [0.4, 0.5) is 0 Å². The van der Waals surface area contributed by atoms with Crippen molar-refractivity contribution in [1.82, 2.24) is 14.7 Å². The predicted octanol–water partition coefficient (Wildman–Crippen LogP) is 2.46. The summed E-state index contributed by atoms with van der Waals surface area (Å²) in [6.45, 7) is 0.765. The Morgan fingerprint density at radius 1 is 1.50 bits per heavy atom. The largest absolute Gasteiger partial charge is 0.331 e. The molecule has 2 heterocycles. The van der Waals surface area contributed by atoms with Gasteiger partial charge in [0.05, 0.1) is 24.7 Å². The quantitative estimate of drug-likeness (QED) is 0.873. The van der Waals surface area contributed by atoms with E-state index in [1.165, 1.54) is 0 Å². The molecule has 1 amide bonds. The van der Waals surface area contributed by atoms with Crippen LogP contribution < -0.4 is 0 Å². The van der Waals surface area contributed by atoms with Gasteiger partial charge in [0, 0.05) is 30.9 Å². The van der Waals surface area contributed by atoms with E-state index in [0.29, 0.717) is 12.0 Å². The lowest BCUT2D eigenvalue weighted by molar-refractivity contribution is 0.0735. The van der Waals surface area contributed by atoms with E-state index in [2.05, 4.69) is 11.2 Å². The summed E-state index contributed by atoms with van der Waals surface area (Å²) in [7, 11) is 1.88. The predicted molar refractivity (Wildman–Crippen MR) is 82.0 cm³/mol. The van der Waals surface area contributed by atoms with Crippen LogP contribution in [0.25, 0.3) is 0 Å². The van der Waals surface area contributed by atoms with Gasteiger partial charge in [-0.05, 0) is 30.5 Å². The zero-order valence-corrected chi connectivity index (χ0v) is 12.6. The molecular weight excluding hydrogens is 276 g/mol. The highest BCUT2D eigenvalue weighted by molar-refractivity contribution is 5.94. The zero-order chi connectivity index (χ0) is 15.5. The van der Waals surface area contributed by atoms with E-state index in [1.807, 2.05) is 48.6 Å². The number of benzene rings is 1. The second-order valence-corrected chi connectivity index (χ2v) is 5.64. The van der Waals surface area contributed by atoms with E-state index in [9.17, 15) is 4.79 Å². The minimum Gasteiger partial charge on any atom is -0.331 e. The highest BCUT2D eigenvalue weighted by Gasteiger charge is 2.31. The van der Waals surface area contributed by atoms with E-state index in [4.69, 9.17) is 5.26 Å². The van der Waals surface area contributed by atoms with Crippen LogP contribution in [0, 0.1) is 11.3 Å². The molecule has 1 aromatic heterocycles. The monoisotopic (exact) mass is 294 g/mol. The van der Waals surface area contributed by atoms with Gasteiger partial charge in [-0.25, -0.2) is 0 Å². The number of amides is 1. The van der Waals surface area contributed by atoms with Crippen LogP contribution >= 0.6 is 0 Å². The molecule has 0 radical (unpaired) electrons. The number of rotatable bonds is 3. The molecule has 0 spiro atoms. The Balaban J connectivity index is 1.84. The molecule has 2 aromatic rings. The number of hydrogen-bond acceptors (Lipinski definition) is 3. The van der Waals surface area contributed by atoms with Gasteiger partial charge >= 0.3 is 0 Å². The van der Waals surface area contributed by atoms with E-state index in [1.54, 1.807) is 4.68 Å². The first kappa shape index (κ1) is 14.3. The number of nitrogens with zero attached hydrogens (tertiary/aromatic N) is 4. The summed E-state index contributed by atoms with van der Waals surface area (Å²) in [6, 6.07) is 9.58. The standard InChI is InChI=1S/C17H18N4O/c1-20-12-15(11-19-20)16-6-3-9-21(16)17(22)14-5-2-4-13(10-14)7-8-18/h2,4-5,10-12,16H,3,6-7,9H2,1H3. The van der Waals surface area contributed by atoms with Gasteiger partial charge in [0.1, 0.15) is 0 Å². The molecule has 0 bridgehead atoms. The molecule has 1 aliphatic heterocycles. The van der Waals surface area contributed by atoms with Gasteiger partial charge in [-0.3, -0.25) is 9.48 Å². The van der Waals surface area contributed by atoms with Crippen molar-refractivity contribution in [1.29, 1.82) is 5.26 Å². The van der Waals surface area contributed by atoms with Gasteiger partial charge in [0.2, 0.25) is 0 Å². The normalized spacial score (nSPS) is 17.5. The molecule has 22 heavy (non-hydrogen) atoms.